The van der Waals surface area contributed by atoms with Crippen LogP contribution in [0.1, 0.15) is 68.0 Å². The van der Waals surface area contributed by atoms with Crippen molar-refractivity contribution in [2.45, 2.75) is 70.8 Å². The lowest BCUT2D eigenvalue weighted by Crippen LogP contribution is -2.39. The number of aryl methyl sites for hydroxylation is 2. The Morgan fingerprint density at radius 2 is 1.89 bits per heavy atom. The molecule has 106 valence electrons. The standard InChI is InChI=1S/C16H26N2S/c1-15(2)8-5-9-16(17-3,11-10-15)14-18-12-6-4-7-13(12)19-14/h17H,4-11H2,1-3H3. The number of thiazole rings is 1. The molecule has 1 N–H and O–H groups in total. The monoisotopic (exact) mass is 278 g/mol. The Labute approximate surface area is 121 Å². The number of hydrogen-bond donors (Lipinski definition) is 1. The van der Waals surface area contributed by atoms with Crippen molar-refractivity contribution in [1.29, 1.82) is 0 Å². The van der Waals surface area contributed by atoms with E-state index in [9.17, 15) is 0 Å². The highest BCUT2D eigenvalue weighted by atomic mass is 32.1. The largest absolute Gasteiger partial charge is 0.308 e. The van der Waals surface area contributed by atoms with Gasteiger partial charge in [0.15, 0.2) is 0 Å². The normalized spacial score (nSPS) is 30.1. The summed E-state index contributed by atoms with van der Waals surface area (Å²) in [6, 6.07) is 0. The summed E-state index contributed by atoms with van der Waals surface area (Å²) < 4.78 is 0. The van der Waals surface area contributed by atoms with Crippen LogP contribution in [0, 0.1) is 5.41 Å². The number of aromatic nitrogens is 1. The van der Waals surface area contributed by atoms with Crippen LogP contribution in [-0.2, 0) is 18.4 Å². The highest BCUT2D eigenvalue weighted by Crippen LogP contribution is 2.44. The van der Waals surface area contributed by atoms with Crippen LogP contribution < -0.4 is 5.32 Å². The Balaban J connectivity index is 1.89. The molecule has 2 aliphatic carbocycles. The molecule has 19 heavy (non-hydrogen) atoms. The Kier molecular flexibility index (Phi) is 3.46. The fraction of sp³-hybridized carbons (Fsp3) is 0.812. The molecule has 1 unspecified atom stereocenters. The number of hydrogen-bond acceptors (Lipinski definition) is 3. The molecule has 0 saturated heterocycles. The zero-order valence-corrected chi connectivity index (χ0v) is 13.3. The van der Waals surface area contributed by atoms with Crippen molar-refractivity contribution in [2.75, 3.05) is 7.05 Å². The number of nitrogens with zero attached hydrogens (tertiary/aromatic N) is 1. The van der Waals surface area contributed by atoms with E-state index in [4.69, 9.17) is 4.98 Å². The Hall–Kier alpha value is -0.410. The molecule has 2 nitrogen and oxygen atoms in total. The summed E-state index contributed by atoms with van der Waals surface area (Å²) in [5.74, 6) is 0. The maximum absolute atomic E-state index is 5.00. The minimum atomic E-state index is 0.156. The lowest BCUT2D eigenvalue weighted by atomic mass is 9.83. The molecule has 1 heterocycles. The summed E-state index contributed by atoms with van der Waals surface area (Å²) in [5, 5.41) is 5.02. The first kappa shape index (κ1) is 13.6. The van der Waals surface area contributed by atoms with Gasteiger partial charge < -0.3 is 5.32 Å². The summed E-state index contributed by atoms with van der Waals surface area (Å²) >= 11 is 1.99. The molecular weight excluding hydrogens is 252 g/mol. The van der Waals surface area contributed by atoms with E-state index >= 15 is 0 Å². The summed E-state index contributed by atoms with van der Waals surface area (Å²) in [6.07, 6.45) is 10.2. The summed E-state index contributed by atoms with van der Waals surface area (Å²) in [7, 11) is 2.13. The van der Waals surface area contributed by atoms with Crippen molar-refractivity contribution in [3.8, 4) is 0 Å². The highest BCUT2D eigenvalue weighted by molar-refractivity contribution is 7.12. The van der Waals surface area contributed by atoms with E-state index in [0.717, 1.165) is 0 Å². The van der Waals surface area contributed by atoms with Crippen molar-refractivity contribution < 1.29 is 0 Å². The van der Waals surface area contributed by atoms with Gasteiger partial charge in [-0.05, 0) is 57.4 Å². The number of fused-ring (bicyclic) bond motifs is 1. The van der Waals surface area contributed by atoms with Crippen LogP contribution in [0.15, 0.2) is 0 Å². The Morgan fingerprint density at radius 3 is 2.63 bits per heavy atom. The second kappa shape index (κ2) is 4.85. The minimum Gasteiger partial charge on any atom is -0.308 e. The molecule has 1 atom stereocenters. The van der Waals surface area contributed by atoms with Crippen LogP contribution in [0.2, 0.25) is 0 Å². The van der Waals surface area contributed by atoms with Gasteiger partial charge in [0.25, 0.3) is 0 Å². The van der Waals surface area contributed by atoms with E-state index in [-0.39, 0.29) is 5.54 Å². The van der Waals surface area contributed by atoms with E-state index in [0.29, 0.717) is 5.41 Å². The summed E-state index contributed by atoms with van der Waals surface area (Å²) in [5.41, 5.74) is 2.06. The van der Waals surface area contributed by atoms with Crippen LogP contribution in [0.5, 0.6) is 0 Å². The van der Waals surface area contributed by atoms with E-state index < -0.39 is 0 Å². The molecule has 0 bridgehead atoms. The molecule has 0 spiro atoms. The first-order valence-electron chi connectivity index (χ1n) is 7.73. The lowest BCUT2D eigenvalue weighted by Gasteiger charge is -2.31. The SMILES string of the molecule is CNC1(c2nc3c(s2)CCC3)CCCC(C)(C)CC1. The van der Waals surface area contributed by atoms with Gasteiger partial charge in [0, 0.05) is 4.88 Å². The van der Waals surface area contributed by atoms with Crippen LogP contribution >= 0.6 is 11.3 Å². The predicted octanol–water partition coefficient (Wildman–Crippen LogP) is 4.04. The quantitative estimate of drug-likeness (QED) is 0.826. The average molecular weight is 278 g/mol. The second-order valence-electron chi connectivity index (χ2n) is 7.09. The third kappa shape index (κ3) is 2.47. The molecular formula is C16H26N2S. The highest BCUT2D eigenvalue weighted by Gasteiger charge is 2.39. The second-order valence-corrected chi connectivity index (χ2v) is 8.18. The van der Waals surface area contributed by atoms with Crippen LogP contribution in [0.25, 0.3) is 0 Å². The first-order chi connectivity index (χ1) is 9.05. The van der Waals surface area contributed by atoms with Gasteiger partial charge in [-0.25, -0.2) is 4.98 Å². The average Bonchev–Trinajstić information content (AvgIpc) is 2.90. The minimum absolute atomic E-state index is 0.156. The maximum Gasteiger partial charge on any atom is 0.113 e. The molecule has 1 aromatic rings. The fourth-order valence-electron chi connectivity index (χ4n) is 3.64. The van der Waals surface area contributed by atoms with E-state index in [2.05, 4.69) is 26.2 Å². The maximum atomic E-state index is 5.00. The van der Waals surface area contributed by atoms with Crippen molar-refractivity contribution in [3.05, 3.63) is 15.6 Å². The summed E-state index contributed by atoms with van der Waals surface area (Å²) in [4.78, 5) is 6.57. The zero-order valence-electron chi connectivity index (χ0n) is 12.5. The topological polar surface area (TPSA) is 24.9 Å². The van der Waals surface area contributed by atoms with Crippen molar-refractivity contribution in [1.82, 2.24) is 10.3 Å². The van der Waals surface area contributed by atoms with Crippen molar-refractivity contribution >= 4 is 11.3 Å². The smallest absolute Gasteiger partial charge is 0.113 e. The number of rotatable bonds is 2. The molecule has 0 amide bonds. The molecule has 2 aliphatic rings. The Morgan fingerprint density at radius 1 is 1.05 bits per heavy atom. The summed E-state index contributed by atoms with van der Waals surface area (Å²) in [6.45, 7) is 4.83. The molecule has 0 radical (unpaired) electrons. The van der Waals surface area contributed by atoms with E-state index in [1.54, 1.807) is 4.88 Å². The van der Waals surface area contributed by atoms with E-state index in [1.807, 2.05) is 11.3 Å². The molecule has 3 rings (SSSR count). The van der Waals surface area contributed by atoms with Crippen LogP contribution in [0.3, 0.4) is 0 Å². The van der Waals surface area contributed by atoms with Gasteiger partial charge in [-0.15, -0.1) is 11.3 Å². The van der Waals surface area contributed by atoms with Crippen LogP contribution in [0.4, 0.5) is 0 Å². The molecule has 3 heteroatoms. The van der Waals surface area contributed by atoms with Gasteiger partial charge in [-0.2, -0.15) is 0 Å². The first-order valence-corrected chi connectivity index (χ1v) is 8.54. The van der Waals surface area contributed by atoms with Crippen molar-refractivity contribution in [3.63, 3.8) is 0 Å². The van der Waals surface area contributed by atoms with Gasteiger partial charge in [0.05, 0.1) is 11.2 Å². The molecule has 1 aromatic heterocycles. The van der Waals surface area contributed by atoms with Gasteiger partial charge in [-0.3, -0.25) is 0 Å². The van der Waals surface area contributed by atoms with E-state index in [1.165, 1.54) is 62.1 Å². The third-order valence-electron chi connectivity index (χ3n) is 5.17. The third-order valence-corrected chi connectivity index (χ3v) is 6.53. The predicted molar refractivity (Wildman–Crippen MR) is 81.7 cm³/mol. The molecule has 1 fully saturated rings. The molecule has 0 aliphatic heterocycles. The van der Waals surface area contributed by atoms with Crippen LogP contribution in [-0.4, -0.2) is 12.0 Å². The Bertz CT molecular complexity index is 442. The lowest BCUT2D eigenvalue weighted by molar-refractivity contribution is 0.276. The van der Waals surface area contributed by atoms with Gasteiger partial charge in [-0.1, -0.05) is 20.3 Å². The van der Waals surface area contributed by atoms with Crippen molar-refractivity contribution in [2.24, 2.45) is 5.41 Å². The van der Waals surface area contributed by atoms with Gasteiger partial charge in [0.1, 0.15) is 5.01 Å². The van der Waals surface area contributed by atoms with Gasteiger partial charge in [0.2, 0.25) is 0 Å². The molecule has 0 aromatic carbocycles. The zero-order chi connectivity index (χ0) is 13.5. The van der Waals surface area contributed by atoms with Gasteiger partial charge >= 0.3 is 0 Å². The molecule has 1 saturated carbocycles. The fourth-order valence-corrected chi connectivity index (χ4v) is 5.04. The number of nitrogens with one attached hydrogen (secondary N) is 1.